The molecule has 0 aromatic carbocycles. The van der Waals surface area contributed by atoms with E-state index in [1.807, 2.05) is 6.08 Å². The smallest absolute Gasteiger partial charge is 0.0685 e. The van der Waals surface area contributed by atoms with Crippen molar-refractivity contribution in [1.29, 1.82) is 0 Å². The molecule has 1 saturated carbocycles. The molecule has 1 heterocycles. The number of ether oxygens (including phenoxy) is 1. The molecule has 2 unspecified atom stereocenters. The summed E-state index contributed by atoms with van der Waals surface area (Å²) in [5.41, 5.74) is 3.15. The third-order valence-corrected chi connectivity index (χ3v) is 4.25. The summed E-state index contributed by atoms with van der Waals surface area (Å²) in [6.07, 6.45) is 10.4. The Balaban J connectivity index is 1.97. The lowest BCUT2D eigenvalue weighted by Gasteiger charge is -2.41. The van der Waals surface area contributed by atoms with E-state index in [-0.39, 0.29) is 5.60 Å². The fourth-order valence-electron chi connectivity index (χ4n) is 3.35. The Hall–Kier alpha value is -0.380. The molecule has 0 aromatic rings. The molecule has 1 spiro atoms. The van der Waals surface area contributed by atoms with Crippen LogP contribution in [0.2, 0.25) is 0 Å². The standard InChI is InChI=1S/C13H24N2O/c1-2-5-12(15-14)11-6-9-16-13(10-11)7-3-4-8-13/h2,11-12,15H,1,3-10,14H2. The van der Waals surface area contributed by atoms with Gasteiger partial charge in [-0.25, -0.2) is 0 Å². The Labute approximate surface area is 98.4 Å². The minimum absolute atomic E-state index is 0.194. The second kappa shape index (κ2) is 5.30. The van der Waals surface area contributed by atoms with Crippen molar-refractivity contribution in [3.8, 4) is 0 Å². The maximum Gasteiger partial charge on any atom is 0.0685 e. The van der Waals surface area contributed by atoms with E-state index in [2.05, 4.69) is 12.0 Å². The van der Waals surface area contributed by atoms with E-state index in [4.69, 9.17) is 10.6 Å². The summed E-state index contributed by atoms with van der Waals surface area (Å²) in [5.74, 6) is 6.29. The molecule has 3 heteroatoms. The van der Waals surface area contributed by atoms with Gasteiger partial charge in [-0.05, 0) is 38.0 Å². The van der Waals surface area contributed by atoms with Crippen LogP contribution in [0, 0.1) is 5.92 Å². The van der Waals surface area contributed by atoms with Crippen LogP contribution in [0.1, 0.15) is 44.9 Å². The van der Waals surface area contributed by atoms with Gasteiger partial charge in [-0.3, -0.25) is 11.3 Å². The Bertz CT molecular complexity index is 236. The third-order valence-electron chi connectivity index (χ3n) is 4.25. The van der Waals surface area contributed by atoms with E-state index < -0.39 is 0 Å². The van der Waals surface area contributed by atoms with Crippen molar-refractivity contribution in [2.24, 2.45) is 11.8 Å². The second-order valence-electron chi connectivity index (χ2n) is 5.29. The molecule has 0 amide bonds. The molecule has 3 N–H and O–H groups in total. The minimum atomic E-state index is 0.194. The molecule has 1 saturated heterocycles. The lowest BCUT2D eigenvalue weighted by Crippen LogP contribution is -2.47. The maximum atomic E-state index is 6.04. The maximum absolute atomic E-state index is 6.04. The van der Waals surface area contributed by atoms with Crippen molar-refractivity contribution >= 4 is 0 Å². The minimum Gasteiger partial charge on any atom is -0.375 e. The fraction of sp³-hybridized carbons (Fsp3) is 0.846. The van der Waals surface area contributed by atoms with Crippen LogP contribution in [-0.2, 0) is 4.74 Å². The topological polar surface area (TPSA) is 47.3 Å². The van der Waals surface area contributed by atoms with Crippen LogP contribution in [0.25, 0.3) is 0 Å². The highest BCUT2D eigenvalue weighted by Crippen LogP contribution is 2.43. The summed E-state index contributed by atoms with van der Waals surface area (Å²) in [6, 6.07) is 0.374. The van der Waals surface area contributed by atoms with Gasteiger partial charge in [0.2, 0.25) is 0 Å². The Morgan fingerprint density at radius 2 is 2.25 bits per heavy atom. The molecule has 92 valence electrons. The van der Waals surface area contributed by atoms with E-state index in [0.717, 1.165) is 19.4 Å². The molecule has 2 rings (SSSR count). The van der Waals surface area contributed by atoms with Gasteiger partial charge in [0.15, 0.2) is 0 Å². The van der Waals surface area contributed by atoms with Gasteiger partial charge in [0.1, 0.15) is 0 Å². The van der Waals surface area contributed by atoms with Crippen LogP contribution in [-0.4, -0.2) is 18.2 Å². The van der Waals surface area contributed by atoms with Gasteiger partial charge in [0.25, 0.3) is 0 Å². The molecule has 1 aliphatic heterocycles. The summed E-state index contributed by atoms with van der Waals surface area (Å²) in [4.78, 5) is 0. The van der Waals surface area contributed by atoms with Crippen molar-refractivity contribution in [2.45, 2.75) is 56.6 Å². The molecule has 2 aliphatic rings. The highest BCUT2D eigenvalue weighted by molar-refractivity contribution is 4.95. The first-order chi connectivity index (χ1) is 7.79. The van der Waals surface area contributed by atoms with Crippen molar-refractivity contribution in [2.75, 3.05) is 6.61 Å². The molecule has 0 aromatic heterocycles. The third kappa shape index (κ3) is 2.47. The molecule has 0 radical (unpaired) electrons. The summed E-state index contributed by atoms with van der Waals surface area (Å²) >= 11 is 0. The quantitative estimate of drug-likeness (QED) is 0.437. The summed E-state index contributed by atoms with van der Waals surface area (Å²) < 4.78 is 6.04. The average molecular weight is 224 g/mol. The van der Waals surface area contributed by atoms with Gasteiger partial charge in [0, 0.05) is 12.6 Å². The van der Waals surface area contributed by atoms with Gasteiger partial charge in [-0.15, -0.1) is 6.58 Å². The molecule has 2 fully saturated rings. The molecule has 16 heavy (non-hydrogen) atoms. The van der Waals surface area contributed by atoms with Crippen molar-refractivity contribution < 1.29 is 4.74 Å². The van der Waals surface area contributed by atoms with E-state index in [9.17, 15) is 0 Å². The van der Waals surface area contributed by atoms with Crippen molar-refractivity contribution in [3.05, 3.63) is 12.7 Å². The number of nitrogens with one attached hydrogen (secondary N) is 1. The number of hydrazine groups is 1. The lowest BCUT2D eigenvalue weighted by molar-refractivity contribution is -0.0977. The lowest BCUT2D eigenvalue weighted by atomic mass is 9.80. The van der Waals surface area contributed by atoms with Crippen LogP contribution in [0.4, 0.5) is 0 Å². The van der Waals surface area contributed by atoms with E-state index >= 15 is 0 Å². The second-order valence-corrected chi connectivity index (χ2v) is 5.29. The number of hydrogen-bond acceptors (Lipinski definition) is 3. The first kappa shape index (κ1) is 12.1. The van der Waals surface area contributed by atoms with Gasteiger partial charge >= 0.3 is 0 Å². The normalized spacial score (nSPS) is 30.4. The SMILES string of the molecule is C=CCC(NN)C1CCOC2(CCCC2)C1. The molecular weight excluding hydrogens is 200 g/mol. The summed E-state index contributed by atoms with van der Waals surface area (Å²) in [5, 5.41) is 0. The molecule has 0 bridgehead atoms. The molecule has 2 atom stereocenters. The van der Waals surface area contributed by atoms with E-state index in [1.165, 1.54) is 32.1 Å². The zero-order valence-corrected chi connectivity index (χ0v) is 10.1. The first-order valence-electron chi connectivity index (χ1n) is 6.51. The van der Waals surface area contributed by atoms with Crippen molar-refractivity contribution in [3.63, 3.8) is 0 Å². The number of rotatable bonds is 4. The van der Waals surface area contributed by atoms with Crippen LogP contribution < -0.4 is 11.3 Å². The fourth-order valence-corrected chi connectivity index (χ4v) is 3.35. The monoisotopic (exact) mass is 224 g/mol. The van der Waals surface area contributed by atoms with E-state index in [0.29, 0.717) is 12.0 Å². The van der Waals surface area contributed by atoms with Crippen LogP contribution in [0.3, 0.4) is 0 Å². The molecule has 1 aliphatic carbocycles. The molecular formula is C13H24N2O. The highest BCUT2D eigenvalue weighted by atomic mass is 16.5. The number of nitrogens with two attached hydrogens (primary N) is 1. The van der Waals surface area contributed by atoms with E-state index in [1.54, 1.807) is 0 Å². The van der Waals surface area contributed by atoms with Crippen molar-refractivity contribution in [1.82, 2.24) is 5.43 Å². The number of hydrogen-bond donors (Lipinski definition) is 2. The highest BCUT2D eigenvalue weighted by Gasteiger charge is 2.41. The average Bonchev–Trinajstić information content (AvgIpc) is 2.74. The summed E-state index contributed by atoms with van der Waals surface area (Å²) in [7, 11) is 0. The Morgan fingerprint density at radius 3 is 2.88 bits per heavy atom. The molecule has 3 nitrogen and oxygen atoms in total. The van der Waals surface area contributed by atoms with Gasteiger partial charge in [-0.2, -0.15) is 0 Å². The summed E-state index contributed by atoms with van der Waals surface area (Å²) in [6.45, 7) is 4.71. The van der Waals surface area contributed by atoms with Crippen LogP contribution in [0.5, 0.6) is 0 Å². The van der Waals surface area contributed by atoms with Crippen LogP contribution in [0.15, 0.2) is 12.7 Å². The van der Waals surface area contributed by atoms with Gasteiger partial charge in [-0.1, -0.05) is 18.9 Å². The van der Waals surface area contributed by atoms with Gasteiger partial charge < -0.3 is 4.74 Å². The predicted octanol–water partition coefficient (Wildman–Crippen LogP) is 2.13. The van der Waals surface area contributed by atoms with Crippen LogP contribution >= 0.6 is 0 Å². The zero-order chi connectivity index (χ0) is 11.4. The Kier molecular flexibility index (Phi) is 4.00. The van der Waals surface area contributed by atoms with Gasteiger partial charge in [0.05, 0.1) is 5.60 Å². The Morgan fingerprint density at radius 1 is 1.50 bits per heavy atom. The predicted molar refractivity (Wildman–Crippen MR) is 65.8 cm³/mol. The first-order valence-corrected chi connectivity index (χ1v) is 6.51. The zero-order valence-electron chi connectivity index (χ0n) is 10.1. The largest absolute Gasteiger partial charge is 0.375 e.